The summed E-state index contributed by atoms with van der Waals surface area (Å²) < 4.78 is 13.1. The van der Waals surface area contributed by atoms with Crippen molar-refractivity contribution in [1.82, 2.24) is 0 Å². The van der Waals surface area contributed by atoms with Crippen molar-refractivity contribution in [3.8, 4) is 0 Å². The Balaban J connectivity index is 1.47. The van der Waals surface area contributed by atoms with Gasteiger partial charge in [-0.2, -0.15) is 0 Å². The highest BCUT2D eigenvalue weighted by Gasteiger charge is 2.45. The fourth-order valence-electron chi connectivity index (χ4n) is 3.76. The van der Waals surface area contributed by atoms with Crippen LogP contribution >= 0.6 is 11.6 Å². The van der Waals surface area contributed by atoms with E-state index in [1.165, 1.54) is 12.1 Å². The van der Waals surface area contributed by atoms with Crippen LogP contribution in [0.4, 0.5) is 15.8 Å². The number of aliphatic hydroxyl groups is 1. The number of anilines is 2. The molecule has 0 bridgehead atoms. The van der Waals surface area contributed by atoms with E-state index in [2.05, 4.69) is 10.6 Å². The lowest BCUT2D eigenvalue weighted by molar-refractivity contribution is -0.124. The summed E-state index contributed by atoms with van der Waals surface area (Å²) >= 11 is 5.99. The van der Waals surface area contributed by atoms with Crippen molar-refractivity contribution in [3.05, 3.63) is 94.8 Å². The van der Waals surface area contributed by atoms with Gasteiger partial charge in [0.1, 0.15) is 5.82 Å². The van der Waals surface area contributed by atoms with Gasteiger partial charge in [-0.25, -0.2) is 4.39 Å². The molecule has 3 N–H and O–H groups in total. The van der Waals surface area contributed by atoms with E-state index in [0.29, 0.717) is 16.3 Å². The fraction of sp³-hybridized carbons (Fsp3) is 0.208. The van der Waals surface area contributed by atoms with E-state index in [-0.39, 0.29) is 11.7 Å². The summed E-state index contributed by atoms with van der Waals surface area (Å²) in [5.74, 6) is -0.422. The molecule has 0 heterocycles. The van der Waals surface area contributed by atoms with E-state index in [9.17, 15) is 14.3 Å². The molecule has 4 nitrogen and oxygen atoms in total. The molecule has 3 aromatic rings. The van der Waals surface area contributed by atoms with Crippen molar-refractivity contribution in [2.24, 2.45) is 0 Å². The van der Waals surface area contributed by atoms with E-state index < -0.39 is 11.6 Å². The third kappa shape index (κ3) is 4.18. The highest BCUT2D eigenvalue weighted by molar-refractivity contribution is 6.30. The zero-order valence-electron chi connectivity index (χ0n) is 16.2. The normalized spacial score (nSPS) is 15.7. The van der Waals surface area contributed by atoms with Crippen molar-refractivity contribution in [3.63, 3.8) is 0 Å². The number of rotatable bonds is 6. The number of nitrogens with one attached hydrogen (secondary N) is 2. The van der Waals surface area contributed by atoms with Gasteiger partial charge in [-0.05, 0) is 66.9 Å². The number of hydrogen-bond donors (Lipinski definition) is 3. The standard InChI is InChI=1S/C24H22ClFN2O2/c25-18-4-1-3-16(15-18)22(29)27-20-9-5-17(6-10-20)24(13-2-14-24)23(30)28-21-11-7-19(26)8-12-21/h1,3-12,15,22,27,29H,2,13-14H2,(H,28,30). The van der Waals surface area contributed by atoms with Crippen LogP contribution in [0, 0.1) is 5.82 Å². The van der Waals surface area contributed by atoms with Gasteiger partial charge in [-0.3, -0.25) is 4.79 Å². The van der Waals surface area contributed by atoms with Gasteiger partial charge in [0.15, 0.2) is 6.23 Å². The molecule has 1 fully saturated rings. The lowest BCUT2D eigenvalue weighted by Gasteiger charge is -2.40. The molecule has 1 amide bonds. The van der Waals surface area contributed by atoms with E-state index in [0.717, 1.165) is 30.5 Å². The summed E-state index contributed by atoms with van der Waals surface area (Å²) in [6.07, 6.45) is 1.61. The second kappa shape index (κ2) is 8.46. The third-order valence-electron chi connectivity index (χ3n) is 5.65. The molecule has 6 heteroatoms. The number of carbonyl (C=O) groups excluding carboxylic acids is 1. The quantitative estimate of drug-likeness (QED) is 0.448. The predicted molar refractivity (Wildman–Crippen MR) is 117 cm³/mol. The first-order valence-corrected chi connectivity index (χ1v) is 10.2. The maximum absolute atomic E-state index is 13.1. The third-order valence-corrected chi connectivity index (χ3v) is 5.88. The van der Waals surface area contributed by atoms with Crippen LogP contribution < -0.4 is 10.6 Å². The van der Waals surface area contributed by atoms with Crippen molar-refractivity contribution < 1.29 is 14.3 Å². The number of amides is 1. The van der Waals surface area contributed by atoms with Crippen molar-refractivity contribution in [1.29, 1.82) is 0 Å². The average molecular weight is 425 g/mol. The molecule has 3 aromatic carbocycles. The monoisotopic (exact) mass is 424 g/mol. The van der Waals surface area contributed by atoms with Gasteiger partial charge in [0.2, 0.25) is 5.91 Å². The molecule has 154 valence electrons. The molecule has 0 saturated heterocycles. The van der Waals surface area contributed by atoms with Gasteiger partial charge < -0.3 is 15.7 Å². The van der Waals surface area contributed by atoms with E-state index in [4.69, 9.17) is 11.6 Å². The van der Waals surface area contributed by atoms with Crippen LogP contribution in [0.2, 0.25) is 5.02 Å². The minimum Gasteiger partial charge on any atom is -0.369 e. The molecule has 1 aliphatic carbocycles. The van der Waals surface area contributed by atoms with Crippen LogP contribution in [-0.2, 0) is 10.2 Å². The molecule has 1 aliphatic rings. The van der Waals surface area contributed by atoms with Crippen molar-refractivity contribution in [2.45, 2.75) is 30.9 Å². The van der Waals surface area contributed by atoms with Gasteiger partial charge in [-0.15, -0.1) is 0 Å². The van der Waals surface area contributed by atoms with Gasteiger partial charge in [0.25, 0.3) is 0 Å². The Morgan fingerprint density at radius 2 is 1.67 bits per heavy atom. The van der Waals surface area contributed by atoms with E-state index in [1.807, 2.05) is 24.3 Å². The Kier molecular flexibility index (Phi) is 5.75. The van der Waals surface area contributed by atoms with Crippen LogP contribution in [-0.4, -0.2) is 11.0 Å². The predicted octanol–water partition coefficient (Wildman–Crippen LogP) is 5.64. The van der Waals surface area contributed by atoms with E-state index >= 15 is 0 Å². The molecule has 4 rings (SSSR count). The van der Waals surface area contributed by atoms with Gasteiger partial charge >= 0.3 is 0 Å². The first-order chi connectivity index (χ1) is 14.5. The second-order valence-electron chi connectivity index (χ2n) is 7.58. The SMILES string of the molecule is O=C(Nc1ccc(F)cc1)C1(c2ccc(NC(O)c3cccc(Cl)c3)cc2)CCC1. The number of carbonyl (C=O) groups is 1. The van der Waals surface area contributed by atoms with Crippen LogP contribution in [0.25, 0.3) is 0 Å². The molecule has 1 unspecified atom stereocenters. The van der Waals surface area contributed by atoms with Gasteiger partial charge in [0, 0.05) is 22.0 Å². The summed E-state index contributed by atoms with van der Waals surface area (Å²) in [5.41, 5.74) is 2.32. The number of aliphatic hydroxyl groups excluding tert-OH is 1. The Bertz CT molecular complexity index is 1030. The summed E-state index contributed by atoms with van der Waals surface area (Å²) in [4.78, 5) is 13.0. The van der Waals surface area contributed by atoms with Crippen molar-refractivity contribution >= 4 is 28.9 Å². The van der Waals surface area contributed by atoms with Crippen LogP contribution in [0.3, 0.4) is 0 Å². The Hall–Kier alpha value is -2.89. The van der Waals surface area contributed by atoms with Gasteiger partial charge in [-0.1, -0.05) is 42.3 Å². The van der Waals surface area contributed by atoms with Gasteiger partial charge in [0.05, 0.1) is 5.41 Å². The number of halogens is 2. The highest BCUT2D eigenvalue weighted by atomic mass is 35.5. The molecule has 0 aliphatic heterocycles. The number of hydrogen-bond acceptors (Lipinski definition) is 3. The molecular weight excluding hydrogens is 403 g/mol. The summed E-state index contributed by atoms with van der Waals surface area (Å²) in [6, 6.07) is 20.3. The topological polar surface area (TPSA) is 61.4 Å². The summed E-state index contributed by atoms with van der Waals surface area (Å²) in [6.45, 7) is 0. The first-order valence-electron chi connectivity index (χ1n) is 9.84. The van der Waals surface area contributed by atoms with Crippen molar-refractivity contribution in [2.75, 3.05) is 10.6 Å². The summed E-state index contributed by atoms with van der Waals surface area (Å²) in [5, 5.41) is 16.9. The molecule has 0 spiro atoms. The van der Waals surface area contributed by atoms with Crippen LogP contribution in [0.15, 0.2) is 72.8 Å². The Labute approximate surface area is 179 Å². The smallest absolute Gasteiger partial charge is 0.235 e. The zero-order chi connectivity index (χ0) is 21.1. The van der Waals surface area contributed by atoms with E-state index in [1.54, 1.807) is 36.4 Å². The van der Waals surface area contributed by atoms with Crippen LogP contribution in [0.5, 0.6) is 0 Å². The maximum Gasteiger partial charge on any atom is 0.235 e. The fourth-order valence-corrected chi connectivity index (χ4v) is 3.96. The average Bonchev–Trinajstić information content (AvgIpc) is 2.70. The molecular formula is C24H22ClFN2O2. The Morgan fingerprint density at radius 1 is 1.00 bits per heavy atom. The lowest BCUT2D eigenvalue weighted by atomic mass is 9.63. The summed E-state index contributed by atoms with van der Waals surface area (Å²) in [7, 11) is 0. The lowest BCUT2D eigenvalue weighted by Crippen LogP contribution is -2.46. The number of benzene rings is 3. The Morgan fingerprint density at radius 3 is 2.27 bits per heavy atom. The maximum atomic E-state index is 13.1. The zero-order valence-corrected chi connectivity index (χ0v) is 17.0. The molecule has 0 radical (unpaired) electrons. The molecule has 1 atom stereocenters. The van der Waals surface area contributed by atoms with Crippen LogP contribution in [0.1, 0.15) is 36.6 Å². The minimum atomic E-state index is -0.894. The highest BCUT2D eigenvalue weighted by Crippen LogP contribution is 2.45. The molecule has 30 heavy (non-hydrogen) atoms. The molecule has 1 saturated carbocycles. The first kappa shape index (κ1) is 20.4. The minimum absolute atomic E-state index is 0.0833. The second-order valence-corrected chi connectivity index (χ2v) is 8.01. The largest absolute Gasteiger partial charge is 0.369 e. The molecule has 0 aromatic heterocycles.